The van der Waals surface area contributed by atoms with E-state index in [0.29, 0.717) is 36.0 Å². The van der Waals surface area contributed by atoms with E-state index < -0.39 is 10.0 Å². The van der Waals surface area contributed by atoms with Crippen LogP contribution >= 0.6 is 11.6 Å². The van der Waals surface area contributed by atoms with Gasteiger partial charge in [-0.15, -0.1) is 0 Å². The predicted octanol–water partition coefficient (Wildman–Crippen LogP) is 2.82. The number of benzene rings is 1. The van der Waals surface area contributed by atoms with Crippen LogP contribution in [0.4, 0.5) is 11.5 Å². The average Bonchev–Trinajstić information content (AvgIpc) is 3.19. The van der Waals surface area contributed by atoms with Gasteiger partial charge >= 0.3 is 0 Å². The molecule has 1 aromatic carbocycles. The summed E-state index contributed by atoms with van der Waals surface area (Å²) in [6.45, 7) is 3.16. The van der Waals surface area contributed by atoms with Crippen molar-refractivity contribution in [3.63, 3.8) is 0 Å². The van der Waals surface area contributed by atoms with Crippen molar-refractivity contribution in [3.05, 3.63) is 52.3 Å². The number of rotatable bonds is 5. The third-order valence-corrected chi connectivity index (χ3v) is 7.10. The second-order valence-electron chi connectivity index (χ2n) is 9.09. The lowest BCUT2D eigenvalue weighted by Crippen LogP contribution is -2.48. The summed E-state index contributed by atoms with van der Waals surface area (Å²) in [4.78, 5) is 33.5. The number of ketones is 1. The van der Waals surface area contributed by atoms with Crippen LogP contribution in [0.1, 0.15) is 46.9 Å². The Labute approximate surface area is 207 Å². The van der Waals surface area contributed by atoms with Gasteiger partial charge in [0.1, 0.15) is 5.82 Å². The number of carbonyl (C=O) groups excluding carboxylic acids is 2. The molecular weight excluding hydrogens is 492 g/mol. The number of carbonyl (C=O) groups is 2. The van der Waals surface area contributed by atoms with Gasteiger partial charge in [-0.25, -0.2) is 17.9 Å². The molecule has 184 valence electrons. The summed E-state index contributed by atoms with van der Waals surface area (Å²) in [7, 11) is -3.59. The third kappa shape index (κ3) is 4.70. The molecule has 0 saturated carbocycles. The number of nitrogens with zero attached hydrogens (tertiary/aromatic N) is 5. The highest BCUT2D eigenvalue weighted by atomic mass is 35.5. The molecule has 0 bridgehead atoms. The summed E-state index contributed by atoms with van der Waals surface area (Å²) in [6.07, 6.45) is 5.40. The summed E-state index contributed by atoms with van der Waals surface area (Å²) >= 11 is 6.16. The van der Waals surface area contributed by atoms with E-state index in [2.05, 4.69) is 4.72 Å². The fraction of sp³-hybridized carbons (Fsp3) is 0.391. The second kappa shape index (κ2) is 8.80. The standard InChI is InChI=1S/C23H25ClN6O4S/c1-14-11-30-21(25-22(14)28-12-16(31)13-28)10-19(26-30)20-5-3-4-8-29(20)23(32)17-9-15(24)6-7-18(17)27-35(2,33)34/h6-7,9-11,20,27H,3-5,8,12-13H2,1-2H3. The van der Waals surface area contributed by atoms with E-state index in [0.717, 1.165) is 36.9 Å². The first-order chi connectivity index (χ1) is 16.6. The molecule has 2 aromatic heterocycles. The summed E-state index contributed by atoms with van der Waals surface area (Å²) in [5.41, 5.74) is 2.64. The highest BCUT2D eigenvalue weighted by Crippen LogP contribution is 2.34. The van der Waals surface area contributed by atoms with Crippen molar-refractivity contribution in [1.29, 1.82) is 0 Å². The summed E-state index contributed by atoms with van der Waals surface area (Å²) in [6, 6.07) is 6.10. The fourth-order valence-corrected chi connectivity index (χ4v) is 5.40. The average molecular weight is 517 g/mol. The van der Waals surface area contributed by atoms with Gasteiger partial charge in [0.05, 0.1) is 42.3 Å². The zero-order valence-electron chi connectivity index (χ0n) is 19.4. The number of Topliss-reactive ketones (excluding diaryl/α,β-unsaturated/α-hetero) is 1. The van der Waals surface area contributed by atoms with Gasteiger partial charge in [0.2, 0.25) is 10.0 Å². The second-order valence-corrected chi connectivity index (χ2v) is 11.3. The number of likely N-dealkylation sites (tertiary alicyclic amines) is 1. The number of amides is 1. The monoisotopic (exact) mass is 516 g/mol. The molecule has 2 fully saturated rings. The van der Waals surface area contributed by atoms with Crippen molar-refractivity contribution in [3.8, 4) is 0 Å². The molecule has 1 unspecified atom stereocenters. The molecule has 1 N–H and O–H groups in total. The molecule has 35 heavy (non-hydrogen) atoms. The van der Waals surface area contributed by atoms with Crippen molar-refractivity contribution in [2.24, 2.45) is 0 Å². The van der Waals surface area contributed by atoms with Crippen LogP contribution in [0, 0.1) is 6.92 Å². The molecule has 4 heterocycles. The van der Waals surface area contributed by atoms with Crippen LogP contribution in [0.2, 0.25) is 5.02 Å². The number of hydrogen-bond donors (Lipinski definition) is 1. The van der Waals surface area contributed by atoms with Crippen LogP contribution in [0.15, 0.2) is 30.5 Å². The van der Waals surface area contributed by atoms with Crippen LogP contribution in [-0.2, 0) is 14.8 Å². The zero-order valence-corrected chi connectivity index (χ0v) is 20.9. The Morgan fingerprint density at radius 2 is 1.97 bits per heavy atom. The lowest BCUT2D eigenvalue weighted by atomic mass is 9.98. The predicted molar refractivity (Wildman–Crippen MR) is 132 cm³/mol. The van der Waals surface area contributed by atoms with Gasteiger partial charge in [-0.05, 0) is 44.4 Å². The van der Waals surface area contributed by atoms with E-state index in [4.69, 9.17) is 21.7 Å². The number of aromatic nitrogens is 3. The number of piperidine rings is 1. The quantitative estimate of drug-likeness (QED) is 0.554. The largest absolute Gasteiger partial charge is 0.341 e. The summed E-state index contributed by atoms with van der Waals surface area (Å²) < 4.78 is 27.8. The molecular formula is C23H25ClN6O4S. The lowest BCUT2D eigenvalue weighted by Gasteiger charge is -2.35. The Kier molecular flexibility index (Phi) is 5.92. The van der Waals surface area contributed by atoms with Crippen molar-refractivity contribution in [1.82, 2.24) is 19.5 Å². The number of fused-ring (bicyclic) bond motifs is 1. The van der Waals surface area contributed by atoms with E-state index >= 15 is 0 Å². The Hall–Kier alpha value is -3.18. The molecule has 2 saturated heterocycles. The molecule has 0 radical (unpaired) electrons. The summed E-state index contributed by atoms with van der Waals surface area (Å²) in [5.74, 6) is 0.627. The topological polar surface area (TPSA) is 117 Å². The third-order valence-electron chi connectivity index (χ3n) is 6.27. The van der Waals surface area contributed by atoms with Gasteiger partial charge in [-0.3, -0.25) is 14.3 Å². The smallest absolute Gasteiger partial charge is 0.256 e. The van der Waals surface area contributed by atoms with E-state index in [1.807, 2.05) is 24.1 Å². The van der Waals surface area contributed by atoms with E-state index in [1.165, 1.54) is 12.1 Å². The lowest BCUT2D eigenvalue weighted by molar-refractivity contribution is -0.119. The van der Waals surface area contributed by atoms with Crippen molar-refractivity contribution in [2.45, 2.75) is 32.2 Å². The first kappa shape index (κ1) is 23.6. The van der Waals surface area contributed by atoms with Gasteiger partial charge in [0, 0.05) is 29.4 Å². The highest BCUT2D eigenvalue weighted by molar-refractivity contribution is 7.92. The molecule has 12 heteroatoms. The van der Waals surface area contributed by atoms with Gasteiger partial charge in [-0.1, -0.05) is 11.6 Å². The molecule has 3 aromatic rings. The number of hydrogen-bond acceptors (Lipinski definition) is 7. The van der Waals surface area contributed by atoms with Crippen molar-refractivity contribution < 1.29 is 18.0 Å². The van der Waals surface area contributed by atoms with E-state index in [-0.39, 0.29) is 29.0 Å². The normalized spacial score (nSPS) is 18.6. The Morgan fingerprint density at radius 3 is 2.69 bits per heavy atom. The highest BCUT2D eigenvalue weighted by Gasteiger charge is 2.33. The maximum absolute atomic E-state index is 13.7. The zero-order chi connectivity index (χ0) is 24.9. The van der Waals surface area contributed by atoms with Gasteiger partial charge in [0.15, 0.2) is 11.4 Å². The van der Waals surface area contributed by atoms with Gasteiger partial charge < -0.3 is 9.80 Å². The SMILES string of the molecule is Cc1cn2nc(C3CCCCN3C(=O)c3cc(Cl)ccc3NS(C)(=O)=O)cc2nc1N1CC(=O)C1. The Morgan fingerprint density at radius 1 is 1.20 bits per heavy atom. The summed E-state index contributed by atoms with van der Waals surface area (Å²) in [5, 5.41) is 5.06. The minimum absolute atomic E-state index is 0.183. The van der Waals surface area contributed by atoms with Crippen LogP contribution in [-0.4, -0.2) is 65.5 Å². The molecule has 0 spiro atoms. The maximum Gasteiger partial charge on any atom is 0.256 e. The van der Waals surface area contributed by atoms with E-state index in [9.17, 15) is 18.0 Å². The van der Waals surface area contributed by atoms with E-state index in [1.54, 1.807) is 15.5 Å². The Balaban J connectivity index is 1.49. The number of anilines is 2. The first-order valence-corrected chi connectivity index (χ1v) is 13.6. The van der Waals surface area contributed by atoms with Crippen LogP contribution in [0.25, 0.3) is 5.65 Å². The minimum Gasteiger partial charge on any atom is -0.341 e. The molecule has 1 atom stereocenters. The van der Waals surface area contributed by atoms with Crippen molar-refractivity contribution >= 4 is 50.5 Å². The van der Waals surface area contributed by atoms with Gasteiger partial charge in [0.25, 0.3) is 5.91 Å². The molecule has 10 nitrogen and oxygen atoms in total. The molecule has 1 amide bonds. The molecule has 2 aliphatic rings. The number of halogens is 1. The molecule has 0 aliphatic carbocycles. The number of sulfonamides is 1. The maximum atomic E-state index is 13.7. The number of aryl methyl sites for hydroxylation is 1. The van der Waals surface area contributed by atoms with Gasteiger partial charge in [-0.2, -0.15) is 5.10 Å². The molecule has 2 aliphatic heterocycles. The van der Waals surface area contributed by atoms with Crippen LogP contribution in [0.3, 0.4) is 0 Å². The van der Waals surface area contributed by atoms with Crippen LogP contribution < -0.4 is 9.62 Å². The number of nitrogens with one attached hydrogen (secondary N) is 1. The minimum atomic E-state index is -3.59. The fourth-order valence-electron chi connectivity index (χ4n) is 4.65. The molecule has 5 rings (SSSR count). The first-order valence-electron chi connectivity index (χ1n) is 11.3. The Bertz CT molecular complexity index is 1450. The van der Waals surface area contributed by atoms with Crippen LogP contribution in [0.5, 0.6) is 0 Å². The van der Waals surface area contributed by atoms with Crippen molar-refractivity contribution in [2.75, 3.05) is 35.5 Å².